The number of sulfonamides is 1. The lowest BCUT2D eigenvalue weighted by atomic mass is 10.0. The Balaban J connectivity index is 1.94. The van der Waals surface area contributed by atoms with Gasteiger partial charge in [-0.1, -0.05) is 25.1 Å². The first-order chi connectivity index (χ1) is 17.0. The van der Waals surface area contributed by atoms with Gasteiger partial charge in [0.05, 0.1) is 18.8 Å². The van der Waals surface area contributed by atoms with Crippen molar-refractivity contribution in [3.8, 4) is 5.75 Å². The molecule has 2 aromatic carbocycles. The van der Waals surface area contributed by atoms with Crippen LogP contribution in [0.15, 0.2) is 47.4 Å². The second-order valence-electron chi connectivity index (χ2n) is 8.88. The fourth-order valence-corrected chi connectivity index (χ4v) is 5.74. The number of anilines is 1. The molecule has 196 valence electrons. The Bertz CT molecular complexity index is 1240. The van der Waals surface area contributed by atoms with Crippen LogP contribution in [-0.2, 0) is 10.0 Å². The summed E-state index contributed by atoms with van der Waals surface area (Å²) >= 11 is 0. The van der Waals surface area contributed by atoms with Crippen molar-refractivity contribution in [3.05, 3.63) is 59.7 Å². The number of amides is 2. The van der Waals surface area contributed by atoms with Crippen molar-refractivity contribution in [3.63, 3.8) is 0 Å². The smallest absolute Gasteiger partial charge is 0.321 e. The fourth-order valence-electron chi connectivity index (χ4n) is 3.91. The van der Waals surface area contributed by atoms with Gasteiger partial charge in [-0.3, -0.25) is 0 Å². The molecule has 0 saturated carbocycles. The lowest BCUT2D eigenvalue weighted by molar-refractivity contribution is 0.0830. The number of carbonyl (C=O) groups excluding carboxylic acids is 1. The van der Waals surface area contributed by atoms with Gasteiger partial charge in [0.1, 0.15) is 28.4 Å². The Kier molecular flexibility index (Phi) is 8.70. The number of hydrogen-bond donors (Lipinski definition) is 2. The maximum atomic E-state index is 14.0. The maximum absolute atomic E-state index is 14.0. The van der Waals surface area contributed by atoms with E-state index in [9.17, 15) is 27.1 Å². The van der Waals surface area contributed by atoms with Crippen molar-refractivity contribution in [2.75, 3.05) is 32.1 Å². The van der Waals surface area contributed by atoms with E-state index in [-0.39, 0.29) is 36.0 Å². The summed E-state index contributed by atoms with van der Waals surface area (Å²) in [6.45, 7) is 4.93. The molecule has 2 N–H and O–H groups in total. The topological polar surface area (TPSA) is 99.2 Å². The molecule has 1 aliphatic heterocycles. The van der Waals surface area contributed by atoms with Gasteiger partial charge in [-0.2, -0.15) is 4.31 Å². The first-order valence-electron chi connectivity index (χ1n) is 11.5. The average molecular weight is 524 g/mol. The standard InChI is InChI=1S/C25H31F2N3O5S/c1-5-6-18-7-10-24-22(11-18)35-23(16(2)13-30(17(3)15-31)36(24,33)34)14-29(4)25(32)28-21-12-19(26)8-9-20(21)27/h5-12,16-17,23,31H,13-15H2,1-4H3,(H,28,32)/b6-5+/t16-,17+,23-/m1/s1. The van der Waals surface area contributed by atoms with E-state index in [1.54, 1.807) is 32.1 Å². The van der Waals surface area contributed by atoms with E-state index in [0.29, 0.717) is 0 Å². The Labute approximate surface area is 210 Å². The summed E-state index contributed by atoms with van der Waals surface area (Å²) in [6.07, 6.45) is 2.96. The second kappa shape index (κ2) is 11.4. The first kappa shape index (κ1) is 27.6. The Morgan fingerprint density at radius 3 is 2.69 bits per heavy atom. The lowest BCUT2D eigenvalue weighted by Crippen LogP contribution is -2.50. The zero-order valence-corrected chi connectivity index (χ0v) is 21.4. The van der Waals surface area contributed by atoms with Gasteiger partial charge >= 0.3 is 6.03 Å². The average Bonchev–Trinajstić information content (AvgIpc) is 2.83. The van der Waals surface area contributed by atoms with Gasteiger partial charge in [0.2, 0.25) is 10.0 Å². The lowest BCUT2D eigenvalue weighted by Gasteiger charge is -2.37. The molecular formula is C25H31F2N3O5S. The molecule has 0 unspecified atom stereocenters. The van der Waals surface area contributed by atoms with E-state index in [4.69, 9.17) is 4.74 Å². The first-order valence-corrected chi connectivity index (χ1v) is 12.9. The van der Waals surface area contributed by atoms with Crippen LogP contribution in [0.4, 0.5) is 19.3 Å². The van der Waals surface area contributed by atoms with Gasteiger partial charge < -0.3 is 20.1 Å². The van der Waals surface area contributed by atoms with Crippen LogP contribution in [0, 0.1) is 17.6 Å². The zero-order chi connectivity index (χ0) is 26.6. The molecule has 0 aromatic heterocycles. The van der Waals surface area contributed by atoms with Crippen LogP contribution in [0.1, 0.15) is 26.3 Å². The minimum Gasteiger partial charge on any atom is -0.487 e. The monoisotopic (exact) mass is 523 g/mol. The van der Waals surface area contributed by atoms with Crippen LogP contribution >= 0.6 is 0 Å². The molecule has 1 heterocycles. The highest BCUT2D eigenvalue weighted by atomic mass is 32.2. The number of nitrogens with one attached hydrogen (secondary N) is 1. The summed E-state index contributed by atoms with van der Waals surface area (Å²) in [6, 6.07) is 6.12. The summed E-state index contributed by atoms with van der Waals surface area (Å²) in [7, 11) is -2.51. The Morgan fingerprint density at radius 1 is 1.31 bits per heavy atom. The molecular weight excluding hydrogens is 492 g/mol. The van der Waals surface area contributed by atoms with Crippen LogP contribution in [0.3, 0.4) is 0 Å². The highest BCUT2D eigenvalue weighted by Gasteiger charge is 2.38. The van der Waals surface area contributed by atoms with E-state index < -0.39 is 45.8 Å². The third-order valence-electron chi connectivity index (χ3n) is 6.02. The molecule has 36 heavy (non-hydrogen) atoms. The number of halogens is 2. The Morgan fingerprint density at radius 2 is 2.03 bits per heavy atom. The molecule has 8 nitrogen and oxygen atoms in total. The predicted octanol–water partition coefficient (Wildman–Crippen LogP) is 3.93. The summed E-state index contributed by atoms with van der Waals surface area (Å²) < 4.78 is 61.9. The van der Waals surface area contributed by atoms with Crippen molar-refractivity contribution in [2.45, 2.75) is 37.8 Å². The van der Waals surface area contributed by atoms with Crippen LogP contribution < -0.4 is 10.1 Å². The summed E-state index contributed by atoms with van der Waals surface area (Å²) in [4.78, 5) is 14.0. The van der Waals surface area contributed by atoms with Gasteiger partial charge in [-0.15, -0.1) is 0 Å². The van der Waals surface area contributed by atoms with E-state index in [1.165, 1.54) is 22.3 Å². The molecule has 2 aromatic rings. The number of likely N-dealkylation sites (N-methyl/N-ethyl adjacent to an activating group) is 1. The second-order valence-corrected chi connectivity index (χ2v) is 10.7. The third kappa shape index (κ3) is 6.03. The largest absolute Gasteiger partial charge is 0.487 e. The number of ether oxygens (including phenoxy) is 1. The number of carbonyl (C=O) groups is 1. The summed E-state index contributed by atoms with van der Waals surface area (Å²) in [5, 5.41) is 12.1. The minimum atomic E-state index is -3.98. The number of fused-ring (bicyclic) bond motifs is 1. The molecule has 3 atom stereocenters. The van der Waals surface area contributed by atoms with E-state index >= 15 is 0 Å². The number of urea groups is 1. The summed E-state index contributed by atoms with van der Waals surface area (Å²) in [5.41, 5.74) is 0.432. The van der Waals surface area contributed by atoms with Crippen molar-refractivity contribution >= 4 is 27.8 Å². The maximum Gasteiger partial charge on any atom is 0.321 e. The van der Waals surface area contributed by atoms with Gasteiger partial charge in [-0.05, 0) is 43.7 Å². The van der Waals surface area contributed by atoms with Gasteiger partial charge in [-0.25, -0.2) is 22.0 Å². The molecule has 11 heteroatoms. The number of aliphatic hydroxyl groups excluding tert-OH is 1. The van der Waals surface area contributed by atoms with Crippen LogP contribution in [0.2, 0.25) is 0 Å². The third-order valence-corrected chi connectivity index (χ3v) is 8.04. The number of nitrogens with zero attached hydrogens (tertiary/aromatic N) is 2. The highest BCUT2D eigenvalue weighted by molar-refractivity contribution is 7.89. The van der Waals surface area contributed by atoms with E-state index in [2.05, 4.69) is 5.32 Å². The van der Waals surface area contributed by atoms with Gasteiger partial charge in [0.15, 0.2) is 0 Å². The molecule has 0 fully saturated rings. The molecule has 0 aliphatic carbocycles. The molecule has 0 bridgehead atoms. The minimum absolute atomic E-state index is 0.0264. The van der Waals surface area contributed by atoms with Crippen LogP contribution in [0.25, 0.3) is 6.08 Å². The normalized spacial score (nSPS) is 20.6. The number of aliphatic hydroxyl groups is 1. The molecule has 2 amide bonds. The van der Waals surface area contributed by atoms with E-state index in [1.807, 2.05) is 13.0 Å². The van der Waals surface area contributed by atoms with Crippen molar-refractivity contribution in [1.29, 1.82) is 0 Å². The zero-order valence-electron chi connectivity index (χ0n) is 20.6. The van der Waals surface area contributed by atoms with Crippen LogP contribution in [0.5, 0.6) is 5.75 Å². The van der Waals surface area contributed by atoms with Crippen LogP contribution in [-0.4, -0.2) is 67.7 Å². The van der Waals surface area contributed by atoms with Crippen molar-refractivity contribution in [1.82, 2.24) is 9.21 Å². The molecule has 0 saturated heterocycles. The van der Waals surface area contributed by atoms with E-state index in [0.717, 1.165) is 23.8 Å². The SMILES string of the molecule is C/C=C/c1ccc2c(c1)O[C@H](CN(C)C(=O)Nc1cc(F)ccc1F)[C@H](C)CN([C@@H](C)CO)S2(=O)=O. The Hall–Kier alpha value is -3.02. The fraction of sp³-hybridized carbons (Fsp3) is 0.400. The number of rotatable bonds is 6. The quantitative estimate of drug-likeness (QED) is 0.598. The van der Waals surface area contributed by atoms with Gasteiger partial charge in [0.25, 0.3) is 0 Å². The molecule has 0 radical (unpaired) electrons. The van der Waals surface area contributed by atoms with Crippen molar-refractivity contribution < 1.29 is 31.8 Å². The predicted molar refractivity (Wildman–Crippen MR) is 133 cm³/mol. The molecule has 3 rings (SSSR count). The molecule has 1 aliphatic rings. The van der Waals surface area contributed by atoms with Gasteiger partial charge in [0, 0.05) is 31.6 Å². The highest BCUT2D eigenvalue weighted by Crippen LogP contribution is 2.34. The number of hydrogen-bond acceptors (Lipinski definition) is 5. The number of allylic oxidation sites excluding steroid dienone is 1. The number of benzene rings is 2. The molecule has 0 spiro atoms. The summed E-state index contributed by atoms with van der Waals surface area (Å²) in [5.74, 6) is -1.74. The van der Waals surface area contributed by atoms with Crippen molar-refractivity contribution in [2.24, 2.45) is 5.92 Å².